The Kier molecular flexibility index (Phi) is 7.71. The van der Waals surface area contributed by atoms with Crippen LogP contribution in [0.15, 0.2) is 30.3 Å². The van der Waals surface area contributed by atoms with Gasteiger partial charge in [-0.05, 0) is 46.1 Å². The molecule has 0 bridgehead atoms. The Bertz CT molecular complexity index is 505. The number of hydrogen-bond donors (Lipinski definition) is 1. The number of halogens is 1. The molecule has 1 N–H and O–H groups in total. The fraction of sp³-hybridized carbons (Fsp3) is 0.632. The molecule has 0 aromatic heterocycles. The van der Waals surface area contributed by atoms with Gasteiger partial charge in [0.1, 0.15) is 6.61 Å². The van der Waals surface area contributed by atoms with Crippen molar-refractivity contribution >= 4 is 18.4 Å². The van der Waals surface area contributed by atoms with Crippen molar-refractivity contribution in [1.29, 1.82) is 0 Å². The number of benzene rings is 1. The Morgan fingerprint density at radius 3 is 2.21 bits per heavy atom. The van der Waals surface area contributed by atoms with E-state index < -0.39 is 11.5 Å². The molecule has 4 nitrogen and oxygen atoms in total. The van der Waals surface area contributed by atoms with E-state index in [4.69, 9.17) is 4.74 Å². The van der Waals surface area contributed by atoms with Crippen molar-refractivity contribution in [2.45, 2.75) is 64.1 Å². The standard InChI is InChI=1S/C19H29NO3.ClH/c1-14(2)20(15(3)4)10-11-23-18(22)19(12-17(21)13-19)16-8-6-5-7-9-16;/h5-9,14-15,17,21H,10-13H2,1-4H3;1H/t17-,19+;. The average molecular weight is 356 g/mol. The molecule has 2 rings (SSSR count). The minimum Gasteiger partial charge on any atom is -0.464 e. The average Bonchev–Trinajstić information content (AvgIpc) is 2.48. The summed E-state index contributed by atoms with van der Waals surface area (Å²) in [6, 6.07) is 10.5. The van der Waals surface area contributed by atoms with Gasteiger partial charge in [0.05, 0.1) is 11.5 Å². The maximum Gasteiger partial charge on any atom is 0.316 e. The number of carbonyl (C=O) groups is 1. The van der Waals surface area contributed by atoms with Crippen LogP contribution in [-0.4, -0.2) is 47.3 Å². The fourth-order valence-electron chi connectivity index (χ4n) is 3.52. The molecule has 1 aromatic carbocycles. The molecule has 0 unspecified atom stereocenters. The Morgan fingerprint density at radius 2 is 1.75 bits per heavy atom. The zero-order chi connectivity index (χ0) is 17.0. The first-order chi connectivity index (χ1) is 10.9. The van der Waals surface area contributed by atoms with Crippen molar-refractivity contribution in [2.75, 3.05) is 13.2 Å². The number of aliphatic hydroxyl groups excluding tert-OH is 1. The number of nitrogens with zero attached hydrogens (tertiary/aromatic N) is 1. The zero-order valence-corrected chi connectivity index (χ0v) is 15.9. The molecule has 1 aliphatic carbocycles. The van der Waals surface area contributed by atoms with Crippen LogP contribution in [0.3, 0.4) is 0 Å². The molecule has 24 heavy (non-hydrogen) atoms. The van der Waals surface area contributed by atoms with E-state index >= 15 is 0 Å². The first kappa shape index (κ1) is 20.9. The second kappa shape index (κ2) is 8.84. The maximum absolute atomic E-state index is 12.7. The normalized spacial score (nSPS) is 23.1. The van der Waals surface area contributed by atoms with E-state index in [1.165, 1.54) is 0 Å². The third-order valence-corrected chi connectivity index (χ3v) is 4.79. The lowest BCUT2D eigenvalue weighted by Crippen LogP contribution is -2.52. The molecule has 0 spiro atoms. The van der Waals surface area contributed by atoms with E-state index in [2.05, 4.69) is 32.6 Å². The minimum absolute atomic E-state index is 0. The first-order valence-electron chi connectivity index (χ1n) is 8.53. The number of esters is 1. The van der Waals surface area contributed by atoms with Crippen LogP contribution in [0, 0.1) is 0 Å². The van der Waals surface area contributed by atoms with Crippen LogP contribution in [0.5, 0.6) is 0 Å². The van der Waals surface area contributed by atoms with E-state index in [0.717, 1.165) is 12.1 Å². The fourth-order valence-corrected chi connectivity index (χ4v) is 3.52. The van der Waals surface area contributed by atoms with Crippen molar-refractivity contribution in [3.05, 3.63) is 35.9 Å². The third-order valence-electron chi connectivity index (χ3n) is 4.79. The summed E-state index contributed by atoms with van der Waals surface area (Å²) < 4.78 is 5.59. The largest absolute Gasteiger partial charge is 0.464 e. The highest BCUT2D eigenvalue weighted by Gasteiger charge is 2.52. The molecule has 5 heteroatoms. The van der Waals surface area contributed by atoms with Crippen molar-refractivity contribution in [2.24, 2.45) is 0 Å². The van der Waals surface area contributed by atoms with Crippen LogP contribution in [0.25, 0.3) is 0 Å². The van der Waals surface area contributed by atoms with E-state index in [9.17, 15) is 9.90 Å². The molecule has 0 aliphatic heterocycles. The summed E-state index contributed by atoms with van der Waals surface area (Å²) in [5.41, 5.74) is 0.279. The van der Waals surface area contributed by atoms with E-state index in [-0.39, 0.29) is 18.4 Å². The monoisotopic (exact) mass is 355 g/mol. The van der Waals surface area contributed by atoms with Gasteiger partial charge in [0.25, 0.3) is 0 Å². The van der Waals surface area contributed by atoms with Gasteiger partial charge < -0.3 is 9.84 Å². The Hall–Kier alpha value is -1.10. The minimum atomic E-state index is -0.666. The van der Waals surface area contributed by atoms with Gasteiger partial charge in [-0.15, -0.1) is 12.4 Å². The van der Waals surface area contributed by atoms with Gasteiger partial charge in [-0.25, -0.2) is 0 Å². The van der Waals surface area contributed by atoms with Gasteiger partial charge in [-0.2, -0.15) is 0 Å². The van der Waals surface area contributed by atoms with Crippen LogP contribution in [0.2, 0.25) is 0 Å². The Labute approximate surface area is 151 Å². The molecule has 1 fully saturated rings. The highest BCUT2D eigenvalue weighted by molar-refractivity contribution is 5.85. The van der Waals surface area contributed by atoms with Crippen LogP contribution in [0.4, 0.5) is 0 Å². The molecule has 1 saturated carbocycles. The Balaban J connectivity index is 0.00000288. The molecule has 0 atom stereocenters. The lowest BCUT2D eigenvalue weighted by Gasteiger charge is -2.43. The van der Waals surface area contributed by atoms with Crippen molar-refractivity contribution in [3.63, 3.8) is 0 Å². The van der Waals surface area contributed by atoms with Crippen LogP contribution in [0.1, 0.15) is 46.1 Å². The number of rotatable bonds is 7. The molecule has 0 saturated heterocycles. The maximum atomic E-state index is 12.7. The second-order valence-electron chi connectivity index (χ2n) is 7.07. The van der Waals surface area contributed by atoms with Crippen molar-refractivity contribution < 1.29 is 14.6 Å². The smallest absolute Gasteiger partial charge is 0.316 e. The summed E-state index contributed by atoms with van der Waals surface area (Å²) in [7, 11) is 0. The van der Waals surface area contributed by atoms with Gasteiger partial charge in [0.2, 0.25) is 0 Å². The molecule has 1 aromatic rings. The predicted octanol–water partition coefficient (Wildman–Crippen LogP) is 3.16. The van der Waals surface area contributed by atoms with Crippen LogP contribution < -0.4 is 0 Å². The molecule has 0 radical (unpaired) electrons. The lowest BCUT2D eigenvalue weighted by molar-refractivity contribution is -0.160. The van der Waals surface area contributed by atoms with Gasteiger partial charge in [-0.1, -0.05) is 30.3 Å². The summed E-state index contributed by atoms with van der Waals surface area (Å²) in [5, 5.41) is 9.74. The van der Waals surface area contributed by atoms with Crippen LogP contribution >= 0.6 is 12.4 Å². The van der Waals surface area contributed by atoms with E-state index in [1.807, 2.05) is 30.3 Å². The van der Waals surface area contributed by atoms with Gasteiger partial charge >= 0.3 is 5.97 Å². The molecule has 0 heterocycles. The molecule has 0 amide bonds. The van der Waals surface area contributed by atoms with E-state index in [1.54, 1.807) is 0 Å². The topological polar surface area (TPSA) is 49.8 Å². The zero-order valence-electron chi connectivity index (χ0n) is 15.1. The lowest BCUT2D eigenvalue weighted by atomic mass is 9.62. The number of ether oxygens (including phenoxy) is 1. The first-order valence-corrected chi connectivity index (χ1v) is 8.53. The second-order valence-corrected chi connectivity index (χ2v) is 7.07. The van der Waals surface area contributed by atoms with Gasteiger partial charge in [0.15, 0.2) is 0 Å². The van der Waals surface area contributed by atoms with Crippen molar-refractivity contribution in [3.8, 4) is 0 Å². The van der Waals surface area contributed by atoms with Crippen molar-refractivity contribution in [1.82, 2.24) is 4.90 Å². The summed E-state index contributed by atoms with van der Waals surface area (Å²) in [6.07, 6.45) is 0.493. The SMILES string of the molecule is CC(C)N(CCOC(=O)[C@]1(c2ccccc2)C[C@H](O)C1)C(C)C.Cl. The summed E-state index contributed by atoms with van der Waals surface area (Å²) in [5.74, 6) is -0.207. The summed E-state index contributed by atoms with van der Waals surface area (Å²) in [4.78, 5) is 15.0. The number of carbonyl (C=O) groups excluding carboxylic acids is 1. The number of aliphatic hydroxyl groups is 1. The molecular weight excluding hydrogens is 326 g/mol. The van der Waals surface area contributed by atoms with Gasteiger partial charge in [0, 0.05) is 18.6 Å². The summed E-state index contributed by atoms with van der Waals surface area (Å²) >= 11 is 0. The van der Waals surface area contributed by atoms with Crippen LogP contribution in [-0.2, 0) is 14.9 Å². The van der Waals surface area contributed by atoms with Gasteiger partial charge in [-0.3, -0.25) is 9.69 Å². The number of hydrogen-bond acceptors (Lipinski definition) is 4. The third kappa shape index (κ3) is 4.50. The highest BCUT2D eigenvalue weighted by atomic mass is 35.5. The predicted molar refractivity (Wildman–Crippen MR) is 98.5 cm³/mol. The molecular formula is C19H30ClNO3. The summed E-state index contributed by atoms with van der Waals surface area (Å²) in [6.45, 7) is 9.71. The van der Waals surface area contributed by atoms with E-state index in [0.29, 0.717) is 31.5 Å². The molecule has 136 valence electrons. The Morgan fingerprint density at radius 1 is 1.21 bits per heavy atom. The molecule has 1 aliphatic rings. The highest BCUT2D eigenvalue weighted by Crippen LogP contribution is 2.44. The quantitative estimate of drug-likeness (QED) is 0.763.